The molecule has 152 valence electrons. The highest BCUT2D eigenvalue weighted by Gasteiger charge is 2.20. The molecule has 1 aromatic heterocycles. The van der Waals surface area contributed by atoms with Crippen molar-refractivity contribution in [2.75, 3.05) is 51.8 Å². The summed E-state index contributed by atoms with van der Waals surface area (Å²) in [6, 6.07) is 16.4. The van der Waals surface area contributed by atoms with Crippen LogP contribution in [0.15, 0.2) is 53.5 Å². The highest BCUT2D eigenvalue weighted by Crippen LogP contribution is 2.22. The molecule has 0 atom stereocenters. The van der Waals surface area contributed by atoms with E-state index in [9.17, 15) is 0 Å². The Morgan fingerprint density at radius 2 is 1.97 bits per heavy atom. The maximum atomic E-state index is 5.35. The molecule has 0 aliphatic carbocycles. The first-order chi connectivity index (χ1) is 14.3. The van der Waals surface area contributed by atoms with Gasteiger partial charge in [0.25, 0.3) is 0 Å². The van der Waals surface area contributed by atoms with E-state index in [1.165, 1.54) is 5.69 Å². The van der Waals surface area contributed by atoms with E-state index in [1.54, 1.807) is 7.11 Å². The molecule has 1 aliphatic rings. The summed E-state index contributed by atoms with van der Waals surface area (Å²) >= 11 is 0. The Hall–Kier alpha value is -3.22. The van der Waals surface area contributed by atoms with Crippen molar-refractivity contribution in [3.05, 3.63) is 54.4 Å². The molecular weight excluding hydrogens is 364 g/mol. The van der Waals surface area contributed by atoms with Gasteiger partial charge in [0.15, 0.2) is 5.96 Å². The van der Waals surface area contributed by atoms with Crippen molar-refractivity contribution in [2.24, 2.45) is 4.99 Å². The quantitative estimate of drug-likeness (QED) is 0.516. The number of methoxy groups -OCH3 is 1. The first kappa shape index (κ1) is 19.1. The van der Waals surface area contributed by atoms with E-state index < -0.39 is 0 Å². The molecule has 4 rings (SSSR count). The van der Waals surface area contributed by atoms with Gasteiger partial charge in [0.2, 0.25) is 0 Å². The third-order valence-electron chi connectivity index (χ3n) is 5.29. The summed E-state index contributed by atoms with van der Waals surface area (Å²) in [7, 11) is 3.55. The predicted molar refractivity (Wildman–Crippen MR) is 118 cm³/mol. The zero-order valence-corrected chi connectivity index (χ0v) is 17.1. The number of aromatic nitrogens is 2. The molecule has 0 bridgehead atoms. The van der Waals surface area contributed by atoms with Gasteiger partial charge in [-0.05, 0) is 24.3 Å². The number of guanidine groups is 1. The minimum Gasteiger partial charge on any atom is -0.497 e. The largest absolute Gasteiger partial charge is 0.497 e. The number of ether oxygens (including phenoxy) is 1. The molecule has 1 aliphatic heterocycles. The number of hydrogen-bond acceptors (Lipinski definition) is 4. The van der Waals surface area contributed by atoms with Gasteiger partial charge in [-0.15, -0.1) is 0 Å². The lowest BCUT2D eigenvalue weighted by Gasteiger charge is -2.37. The SMILES string of the molecule is CN=C(NCCc1nc2ccccc2[nH]1)N1CCN(c2cccc(OC)c2)CC1. The van der Waals surface area contributed by atoms with E-state index in [0.717, 1.165) is 67.7 Å². The zero-order chi connectivity index (χ0) is 20.1. The molecule has 7 heteroatoms. The van der Waals surface area contributed by atoms with Crippen LogP contribution in [0.1, 0.15) is 5.82 Å². The smallest absolute Gasteiger partial charge is 0.193 e. The van der Waals surface area contributed by atoms with Gasteiger partial charge in [0.05, 0.1) is 18.1 Å². The van der Waals surface area contributed by atoms with Crippen molar-refractivity contribution in [1.29, 1.82) is 0 Å². The van der Waals surface area contributed by atoms with Crippen molar-refractivity contribution >= 4 is 22.7 Å². The van der Waals surface area contributed by atoms with Crippen LogP contribution in [0, 0.1) is 0 Å². The fraction of sp³-hybridized carbons (Fsp3) is 0.364. The van der Waals surface area contributed by atoms with E-state index in [2.05, 4.69) is 48.3 Å². The first-order valence-electron chi connectivity index (χ1n) is 10.0. The van der Waals surface area contributed by atoms with Crippen LogP contribution in [0.4, 0.5) is 5.69 Å². The lowest BCUT2D eigenvalue weighted by molar-refractivity contribution is 0.372. The summed E-state index contributed by atoms with van der Waals surface area (Å²) < 4.78 is 5.35. The van der Waals surface area contributed by atoms with Gasteiger partial charge in [-0.1, -0.05) is 18.2 Å². The third-order valence-corrected chi connectivity index (χ3v) is 5.29. The number of imidazole rings is 1. The van der Waals surface area contributed by atoms with E-state index >= 15 is 0 Å². The lowest BCUT2D eigenvalue weighted by atomic mass is 10.2. The molecule has 7 nitrogen and oxygen atoms in total. The average molecular weight is 393 g/mol. The molecule has 2 heterocycles. The normalized spacial score (nSPS) is 15.0. The van der Waals surface area contributed by atoms with Crippen molar-refractivity contribution in [3.8, 4) is 5.75 Å². The molecule has 1 saturated heterocycles. The molecule has 0 radical (unpaired) electrons. The number of nitrogens with one attached hydrogen (secondary N) is 2. The van der Waals surface area contributed by atoms with E-state index in [0.29, 0.717) is 0 Å². The van der Waals surface area contributed by atoms with Crippen LogP contribution in [0.25, 0.3) is 11.0 Å². The molecule has 1 fully saturated rings. The molecular formula is C22H28N6O. The monoisotopic (exact) mass is 392 g/mol. The minimum atomic E-state index is 0.794. The Bertz CT molecular complexity index is 941. The van der Waals surface area contributed by atoms with Crippen molar-refractivity contribution in [2.45, 2.75) is 6.42 Å². The van der Waals surface area contributed by atoms with Crippen LogP contribution in [0.5, 0.6) is 5.75 Å². The fourth-order valence-corrected chi connectivity index (χ4v) is 3.73. The maximum absolute atomic E-state index is 5.35. The molecule has 29 heavy (non-hydrogen) atoms. The number of piperazine rings is 1. The van der Waals surface area contributed by atoms with Gasteiger partial charge in [0.1, 0.15) is 11.6 Å². The second-order valence-corrected chi connectivity index (χ2v) is 7.10. The van der Waals surface area contributed by atoms with Crippen molar-refractivity contribution in [3.63, 3.8) is 0 Å². The molecule has 0 unspecified atom stereocenters. The Labute approximate surface area is 171 Å². The van der Waals surface area contributed by atoms with Gasteiger partial charge in [0, 0.05) is 57.9 Å². The predicted octanol–water partition coefficient (Wildman–Crippen LogP) is 2.51. The summed E-state index contributed by atoms with van der Waals surface area (Å²) in [6.45, 7) is 4.57. The number of anilines is 1. The van der Waals surface area contributed by atoms with E-state index in [4.69, 9.17) is 4.74 Å². The molecule has 2 aromatic carbocycles. The van der Waals surface area contributed by atoms with Gasteiger partial charge >= 0.3 is 0 Å². The van der Waals surface area contributed by atoms with E-state index in [1.807, 2.05) is 37.4 Å². The third kappa shape index (κ3) is 4.45. The van der Waals surface area contributed by atoms with Gasteiger partial charge < -0.3 is 24.8 Å². The standard InChI is InChI=1S/C22H28N6O/c1-23-22(24-11-10-21-25-19-8-3-4-9-20(19)26-21)28-14-12-27(13-15-28)17-6-5-7-18(16-17)29-2/h3-9,16H,10-15H2,1-2H3,(H,23,24)(H,25,26). The summed E-state index contributed by atoms with van der Waals surface area (Å²) in [4.78, 5) is 17.2. The molecule has 0 spiro atoms. The van der Waals surface area contributed by atoms with E-state index in [-0.39, 0.29) is 0 Å². The number of hydrogen-bond donors (Lipinski definition) is 2. The lowest BCUT2D eigenvalue weighted by Crippen LogP contribution is -2.52. The number of fused-ring (bicyclic) bond motifs is 1. The number of nitrogens with zero attached hydrogens (tertiary/aromatic N) is 4. The van der Waals surface area contributed by atoms with Crippen LogP contribution in [-0.2, 0) is 6.42 Å². The summed E-state index contributed by atoms with van der Waals surface area (Å²) in [5.74, 6) is 2.84. The zero-order valence-electron chi connectivity index (χ0n) is 17.1. The highest BCUT2D eigenvalue weighted by atomic mass is 16.5. The number of H-pyrrole nitrogens is 1. The minimum absolute atomic E-state index is 0.794. The second kappa shape index (κ2) is 8.86. The Morgan fingerprint density at radius 3 is 2.72 bits per heavy atom. The summed E-state index contributed by atoms with van der Waals surface area (Å²) in [6.07, 6.45) is 0.831. The number of aromatic amines is 1. The molecule has 3 aromatic rings. The summed E-state index contributed by atoms with van der Waals surface area (Å²) in [5, 5.41) is 3.48. The molecule has 0 amide bonds. The van der Waals surface area contributed by atoms with Gasteiger partial charge in [-0.2, -0.15) is 0 Å². The summed E-state index contributed by atoms with van der Waals surface area (Å²) in [5.41, 5.74) is 3.30. The number of benzene rings is 2. The van der Waals surface area contributed by atoms with Crippen LogP contribution in [0.3, 0.4) is 0 Å². The topological polar surface area (TPSA) is 68.8 Å². The van der Waals surface area contributed by atoms with Crippen LogP contribution in [-0.4, -0.2) is 67.7 Å². The molecule has 0 saturated carbocycles. The molecule has 2 N–H and O–H groups in total. The number of para-hydroxylation sites is 2. The first-order valence-corrected chi connectivity index (χ1v) is 10.0. The van der Waals surface area contributed by atoms with Crippen LogP contribution < -0.4 is 15.0 Å². The Balaban J connectivity index is 1.28. The number of aliphatic imine (C=N–C) groups is 1. The van der Waals surface area contributed by atoms with Crippen molar-refractivity contribution in [1.82, 2.24) is 20.2 Å². The average Bonchev–Trinajstić information content (AvgIpc) is 3.20. The van der Waals surface area contributed by atoms with Crippen LogP contribution >= 0.6 is 0 Å². The highest BCUT2D eigenvalue weighted by molar-refractivity contribution is 5.80. The maximum Gasteiger partial charge on any atom is 0.193 e. The van der Waals surface area contributed by atoms with Gasteiger partial charge in [-0.3, -0.25) is 4.99 Å². The Kier molecular flexibility index (Phi) is 5.84. The Morgan fingerprint density at radius 1 is 1.14 bits per heavy atom. The second-order valence-electron chi connectivity index (χ2n) is 7.10. The van der Waals surface area contributed by atoms with Crippen molar-refractivity contribution < 1.29 is 4.74 Å². The fourth-order valence-electron chi connectivity index (χ4n) is 3.73. The van der Waals surface area contributed by atoms with Gasteiger partial charge in [-0.25, -0.2) is 4.98 Å². The number of rotatable bonds is 5. The van der Waals surface area contributed by atoms with Crippen LogP contribution in [0.2, 0.25) is 0 Å².